The van der Waals surface area contributed by atoms with Crippen molar-refractivity contribution in [2.75, 3.05) is 39.3 Å². The summed E-state index contributed by atoms with van der Waals surface area (Å²) in [6.45, 7) is 15.7. The molecule has 1 amide bonds. The number of nitrogens with one attached hydrogen (secondary N) is 1. The molecule has 1 unspecified atom stereocenters. The SMILES string of the molecule is CCN1CCCC(NCCN(CC)C(=O)OC(C)(C)C)CC1. The van der Waals surface area contributed by atoms with Gasteiger partial charge in [0.05, 0.1) is 0 Å². The van der Waals surface area contributed by atoms with Crippen LogP contribution in [0.4, 0.5) is 4.79 Å². The Balaban J connectivity index is 2.30. The van der Waals surface area contributed by atoms with E-state index in [9.17, 15) is 4.79 Å². The molecule has 22 heavy (non-hydrogen) atoms. The Morgan fingerprint density at radius 1 is 1.27 bits per heavy atom. The van der Waals surface area contributed by atoms with Crippen LogP contribution in [0.3, 0.4) is 0 Å². The zero-order valence-electron chi connectivity index (χ0n) is 15.2. The van der Waals surface area contributed by atoms with Gasteiger partial charge >= 0.3 is 6.09 Å². The first-order chi connectivity index (χ1) is 10.4. The molecular weight excluding hydrogens is 278 g/mol. The van der Waals surface area contributed by atoms with Gasteiger partial charge in [-0.1, -0.05) is 6.92 Å². The van der Waals surface area contributed by atoms with Crippen LogP contribution in [0.5, 0.6) is 0 Å². The molecule has 5 nitrogen and oxygen atoms in total. The predicted molar refractivity (Wildman–Crippen MR) is 91.2 cm³/mol. The topological polar surface area (TPSA) is 44.8 Å². The molecule has 0 aromatic carbocycles. The Morgan fingerprint density at radius 3 is 2.59 bits per heavy atom. The summed E-state index contributed by atoms with van der Waals surface area (Å²) in [5, 5.41) is 3.61. The van der Waals surface area contributed by atoms with Gasteiger partial charge < -0.3 is 19.9 Å². The fourth-order valence-electron chi connectivity index (χ4n) is 2.78. The Hall–Kier alpha value is -0.810. The van der Waals surface area contributed by atoms with E-state index in [0.29, 0.717) is 19.1 Å². The summed E-state index contributed by atoms with van der Waals surface area (Å²) >= 11 is 0. The molecule has 1 aliphatic rings. The van der Waals surface area contributed by atoms with Crippen LogP contribution in [0.2, 0.25) is 0 Å². The van der Waals surface area contributed by atoms with E-state index in [1.165, 1.54) is 32.4 Å². The molecule has 1 atom stereocenters. The van der Waals surface area contributed by atoms with Crippen LogP contribution in [-0.2, 0) is 4.74 Å². The third-order valence-corrected chi connectivity index (χ3v) is 4.12. The van der Waals surface area contributed by atoms with Crippen molar-refractivity contribution >= 4 is 6.09 Å². The van der Waals surface area contributed by atoms with Crippen LogP contribution in [0.25, 0.3) is 0 Å². The van der Waals surface area contributed by atoms with Crippen molar-refractivity contribution < 1.29 is 9.53 Å². The number of ether oxygens (including phenoxy) is 1. The highest BCUT2D eigenvalue weighted by Gasteiger charge is 2.21. The molecule has 1 rings (SSSR count). The first-order valence-corrected chi connectivity index (χ1v) is 8.79. The van der Waals surface area contributed by atoms with Gasteiger partial charge in [-0.15, -0.1) is 0 Å². The second kappa shape index (κ2) is 9.36. The van der Waals surface area contributed by atoms with Crippen molar-refractivity contribution in [3.05, 3.63) is 0 Å². The molecule has 1 aliphatic heterocycles. The van der Waals surface area contributed by atoms with Crippen LogP contribution in [0.15, 0.2) is 0 Å². The minimum Gasteiger partial charge on any atom is -0.444 e. The third kappa shape index (κ3) is 7.45. The molecule has 0 bridgehead atoms. The van der Waals surface area contributed by atoms with Crippen LogP contribution in [-0.4, -0.2) is 66.8 Å². The first kappa shape index (κ1) is 19.2. The van der Waals surface area contributed by atoms with Gasteiger partial charge in [0.15, 0.2) is 0 Å². The van der Waals surface area contributed by atoms with E-state index in [-0.39, 0.29) is 6.09 Å². The van der Waals surface area contributed by atoms with Crippen LogP contribution < -0.4 is 5.32 Å². The minimum atomic E-state index is -0.428. The summed E-state index contributed by atoms with van der Waals surface area (Å²) in [7, 11) is 0. The summed E-state index contributed by atoms with van der Waals surface area (Å²) < 4.78 is 5.43. The fourth-order valence-corrected chi connectivity index (χ4v) is 2.78. The zero-order valence-corrected chi connectivity index (χ0v) is 15.2. The average molecular weight is 313 g/mol. The Kier molecular flexibility index (Phi) is 8.18. The standard InChI is InChI=1S/C17H35N3O2/c1-6-19-12-8-9-15(10-13-19)18-11-14-20(7-2)16(21)22-17(3,4)5/h15,18H,6-14H2,1-5H3. The molecular formula is C17H35N3O2. The number of carbonyl (C=O) groups is 1. The van der Waals surface area contributed by atoms with E-state index in [0.717, 1.165) is 13.1 Å². The second-order valence-corrected chi connectivity index (χ2v) is 7.08. The number of likely N-dealkylation sites (tertiary alicyclic amines) is 1. The maximum absolute atomic E-state index is 12.1. The summed E-state index contributed by atoms with van der Waals surface area (Å²) in [5.41, 5.74) is -0.428. The van der Waals surface area contributed by atoms with Crippen molar-refractivity contribution in [1.29, 1.82) is 0 Å². The van der Waals surface area contributed by atoms with Crippen molar-refractivity contribution in [3.8, 4) is 0 Å². The van der Waals surface area contributed by atoms with Gasteiger partial charge in [0.1, 0.15) is 5.60 Å². The van der Waals surface area contributed by atoms with E-state index in [1.54, 1.807) is 4.90 Å². The first-order valence-electron chi connectivity index (χ1n) is 8.79. The largest absolute Gasteiger partial charge is 0.444 e. The summed E-state index contributed by atoms with van der Waals surface area (Å²) in [6.07, 6.45) is 3.48. The summed E-state index contributed by atoms with van der Waals surface area (Å²) in [6, 6.07) is 0.578. The van der Waals surface area contributed by atoms with Gasteiger partial charge in [-0.05, 0) is 66.6 Å². The lowest BCUT2D eigenvalue weighted by Crippen LogP contribution is -2.42. The smallest absolute Gasteiger partial charge is 0.410 e. The molecule has 0 saturated carbocycles. The minimum absolute atomic E-state index is 0.213. The lowest BCUT2D eigenvalue weighted by atomic mass is 10.1. The highest BCUT2D eigenvalue weighted by molar-refractivity contribution is 5.68. The third-order valence-electron chi connectivity index (χ3n) is 4.12. The molecule has 0 spiro atoms. The molecule has 0 aromatic heterocycles. The molecule has 5 heteroatoms. The fraction of sp³-hybridized carbons (Fsp3) is 0.941. The monoisotopic (exact) mass is 313 g/mol. The molecule has 0 radical (unpaired) electrons. The second-order valence-electron chi connectivity index (χ2n) is 7.08. The van der Waals surface area contributed by atoms with E-state index in [2.05, 4.69) is 17.1 Å². The van der Waals surface area contributed by atoms with Crippen molar-refractivity contribution in [2.24, 2.45) is 0 Å². The van der Waals surface area contributed by atoms with Crippen LogP contribution in [0, 0.1) is 0 Å². The number of nitrogens with zero attached hydrogens (tertiary/aromatic N) is 2. The predicted octanol–water partition coefficient (Wildman–Crippen LogP) is 2.71. The normalized spacial score (nSPS) is 20.5. The van der Waals surface area contributed by atoms with Gasteiger partial charge in [0.2, 0.25) is 0 Å². The Morgan fingerprint density at radius 2 is 2.00 bits per heavy atom. The molecule has 1 fully saturated rings. The van der Waals surface area contributed by atoms with Gasteiger partial charge in [-0.3, -0.25) is 0 Å². The Bertz CT molecular complexity index is 328. The molecule has 0 aliphatic carbocycles. The summed E-state index contributed by atoms with van der Waals surface area (Å²) in [5.74, 6) is 0. The van der Waals surface area contributed by atoms with E-state index in [4.69, 9.17) is 4.74 Å². The van der Waals surface area contributed by atoms with Gasteiger partial charge in [-0.25, -0.2) is 4.79 Å². The molecule has 1 saturated heterocycles. The highest BCUT2D eigenvalue weighted by Crippen LogP contribution is 2.11. The molecule has 1 N–H and O–H groups in total. The lowest BCUT2D eigenvalue weighted by molar-refractivity contribution is 0.0260. The van der Waals surface area contributed by atoms with Crippen molar-refractivity contribution in [3.63, 3.8) is 0 Å². The number of amides is 1. The number of rotatable bonds is 6. The highest BCUT2D eigenvalue weighted by atomic mass is 16.6. The number of carbonyl (C=O) groups excluding carboxylic acids is 1. The number of likely N-dealkylation sites (N-methyl/N-ethyl adjacent to an activating group) is 1. The molecule has 130 valence electrons. The van der Waals surface area contributed by atoms with Gasteiger partial charge in [0, 0.05) is 25.7 Å². The number of hydrogen-bond donors (Lipinski definition) is 1. The molecule has 1 heterocycles. The Labute approximate surface area is 136 Å². The van der Waals surface area contributed by atoms with Gasteiger partial charge in [-0.2, -0.15) is 0 Å². The van der Waals surface area contributed by atoms with E-state index in [1.807, 2.05) is 27.7 Å². The average Bonchev–Trinajstić information content (AvgIpc) is 2.66. The van der Waals surface area contributed by atoms with Crippen molar-refractivity contribution in [2.45, 2.75) is 65.5 Å². The maximum atomic E-state index is 12.1. The summed E-state index contributed by atoms with van der Waals surface area (Å²) in [4.78, 5) is 16.4. The lowest BCUT2D eigenvalue weighted by Gasteiger charge is -2.27. The van der Waals surface area contributed by atoms with Crippen LogP contribution in [0.1, 0.15) is 53.9 Å². The van der Waals surface area contributed by atoms with E-state index >= 15 is 0 Å². The van der Waals surface area contributed by atoms with Crippen LogP contribution >= 0.6 is 0 Å². The molecule has 0 aromatic rings. The van der Waals surface area contributed by atoms with Crippen molar-refractivity contribution in [1.82, 2.24) is 15.1 Å². The number of hydrogen-bond acceptors (Lipinski definition) is 4. The quantitative estimate of drug-likeness (QED) is 0.819. The zero-order chi connectivity index (χ0) is 16.6. The van der Waals surface area contributed by atoms with E-state index < -0.39 is 5.60 Å². The van der Waals surface area contributed by atoms with Gasteiger partial charge in [0.25, 0.3) is 0 Å². The maximum Gasteiger partial charge on any atom is 0.410 e.